The number of fused-ring (bicyclic) bond motifs is 3. The number of benzene rings is 2. The van der Waals surface area contributed by atoms with Gasteiger partial charge >= 0.3 is 0 Å². The van der Waals surface area contributed by atoms with Crippen LogP contribution in [0.25, 0.3) is 10.9 Å². The SMILES string of the molecule is O=C(CSc1nc2ccccc2c(=O)[nH]1)N1c2ccccc2SC2C=CC=CC21. The van der Waals surface area contributed by atoms with E-state index in [9.17, 15) is 9.59 Å². The summed E-state index contributed by atoms with van der Waals surface area (Å²) in [5.74, 6) is 0.189. The second-order valence-corrected chi connectivity index (χ2v) is 8.94. The maximum absolute atomic E-state index is 13.3. The minimum Gasteiger partial charge on any atom is -0.302 e. The van der Waals surface area contributed by atoms with Crippen LogP contribution in [0.1, 0.15) is 0 Å². The number of nitrogens with zero attached hydrogens (tertiary/aromatic N) is 2. The number of H-pyrrole nitrogens is 1. The minimum absolute atomic E-state index is 0.00601. The highest BCUT2D eigenvalue weighted by Crippen LogP contribution is 2.43. The van der Waals surface area contributed by atoms with Gasteiger partial charge in [0.1, 0.15) is 0 Å². The van der Waals surface area contributed by atoms with E-state index in [1.54, 1.807) is 23.9 Å². The Bertz CT molecular complexity index is 1220. The molecule has 144 valence electrons. The Hall–Kier alpha value is -2.77. The van der Waals surface area contributed by atoms with Crippen molar-refractivity contribution < 1.29 is 4.79 Å². The lowest BCUT2D eigenvalue weighted by molar-refractivity contribution is -0.116. The van der Waals surface area contributed by atoms with Gasteiger partial charge in [0.05, 0.1) is 33.6 Å². The van der Waals surface area contributed by atoms with Gasteiger partial charge in [0, 0.05) is 4.90 Å². The number of nitrogens with one attached hydrogen (secondary N) is 1. The van der Waals surface area contributed by atoms with Crippen LogP contribution in [0, 0.1) is 0 Å². The highest BCUT2D eigenvalue weighted by molar-refractivity contribution is 8.00. The van der Waals surface area contributed by atoms with E-state index in [0.29, 0.717) is 16.1 Å². The lowest BCUT2D eigenvalue weighted by Crippen LogP contribution is -2.48. The van der Waals surface area contributed by atoms with Crippen LogP contribution in [0.2, 0.25) is 0 Å². The zero-order valence-corrected chi connectivity index (χ0v) is 17.0. The van der Waals surface area contributed by atoms with Gasteiger partial charge in [-0.2, -0.15) is 0 Å². The molecule has 5 rings (SSSR count). The number of rotatable bonds is 3. The molecule has 2 aromatic carbocycles. The number of hydrogen-bond donors (Lipinski definition) is 1. The van der Waals surface area contributed by atoms with Crippen molar-refractivity contribution >= 4 is 46.0 Å². The predicted octanol–water partition coefficient (Wildman–Crippen LogP) is 4.02. The normalized spacial score (nSPS) is 19.8. The van der Waals surface area contributed by atoms with Crippen molar-refractivity contribution in [2.75, 3.05) is 10.7 Å². The summed E-state index contributed by atoms with van der Waals surface area (Å²) in [5.41, 5.74) is 1.38. The Morgan fingerprint density at radius 3 is 2.83 bits per heavy atom. The first-order valence-corrected chi connectivity index (χ1v) is 11.1. The van der Waals surface area contributed by atoms with Crippen LogP contribution >= 0.6 is 23.5 Å². The molecular weight excluding hydrogens is 402 g/mol. The van der Waals surface area contributed by atoms with E-state index in [-0.39, 0.29) is 28.5 Å². The number of aromatic nitrogens is 2. The highest BCUT2D eigenvalue weighted by atomic mass is 32.2. The van der Waals surface area contributed by atoms with Gasteiger partial charge in [-0.1, -0.05) is 60.3 Å². The number of hydrogen-bond acceptors (Lipinski definition) is 5. The van der Waals surface area contributed by atoms with Crippen molar-refractivity contribution in [2.24, 2.45) is 0 Å². The average molecular weight is 420 g/mol. The van der Waals surface area contributed by atoms with E-state index >= 15 is 0 Å². The molecule has 1 aliphatic carbocycles. The maximum Gasteiger partial charge on any atom is 0.259 e. The van der Waals surface area contributed by atoms with Crippen molar-refractivity contribution in [3.8, 4) is 0 Å². The number of anilines is 1. The molecular formula is C22H17N3O2S2. The van der Waals surface area contributed by atoms with E-state index in [1.165, 1.54) is 11.8 Å². The van der Waals surface area contributed by atoms with Gasteiger partial charge in [0.2, 0.25) is 5.91 Å². The van der Waals surface area contributed by atoms with Crippen LogP contribution in [-0.2, 0) is 4.79 Å². The first-order chi connectivity index (χ1) is 14.2. The van der Waals surface area contributed by atoms with Gasteiger partial charge < -0.3 is 9.88 Å². The monoisotopic (exact) mass is 419 g/mol. The lowest BCUT2D eigenvalue weighted by Gasteiger charge is -2.40. The smallest absolute Gasteiger partial charge is 0.259 e. The third kappa shape index (κ3) is 3.41. The summed E-state index contributed by atoms with van der Waals surface area (Å²) in [4.78, 5) is 35.8. The third-order valence-corrected chi connectivity index (χ3v) is 7.10. The van der Waals surface area contributed by atoms with Crippen molar-refractivity contribution in [2.45, 2.75) is 21.3 Å². The Morgan fingerprint density at radius 2 is 1.90 bits per heavy atom. The third-order valence-electron chi connectivity index (χ3n) is 4.93. The number of aromatic amines is 1. The van der Waals surface area contributed by atoms with Gasteiger partial charge in [-0.25, -0.2) is 4.98 Å². The Morgan fingerprint density at radius 1 is 1.10 bits per heavy atom. The van der Waals surface area contributed by atoms with Crippen molar-refractivity contribution in [3.63, 3.8) is 0 Å². The largest absolute Gasteiger partial charge is 0.302 e. The van der Waals surface area contributed by atoms with E-state index in [2.05, 4.69) is 28.2 Å². The zero-order chi connectivity index (χ0) is 19.8. The molecule has 0 radical (unpaired) electrons. The molecule has 7 heteroatoms. The lowest BCUT2D eigenvalue weighted by atomic mass is 10.0. The quantitative estimate of drug-likeness (QED) is 0.513. The highest BCUT2D eigenvalue weighted by Gasteiger charge is 2.36. The van der Waals surface area contributed by atoms with Crippen LogP contribution in [0.5, 0.6) is 0 Å². The number of carbonyl (C=O) groups excluding carboxylic acids is 1. The molecule has 1 N–H and O–H groups in total. The fourth-order valence-corrected chi connectivity index (χ4v) is 5.60. The molecule has 5 nitrogen and oxygen atoms in total. The Kier molecular flexibility index (Phi) is 4.77. The number of thioether (sulfide) groups is 2. The molecule has 2 aliphatic rings. The zero-order valence-electron chi connectivity index (χ0n) is 15.3. The van der Waals surface area contributed by atoms with Crippen molar-refractivity contribution in [1.82, 2.24) is 9.97 Å². The predicted molar refractivity (Wildman–Crippen MR) is 119 cm³/mol. The summed E-state index contributed by atoms with van der Waals surface area (Å²) >= 11 is 3.04. The topological polar surface area (TPSA) is 66.1 Å². The molecule has 1 aliphatic heterocycles. The Balaban J connectivity index is 1.42. The molecule has 3 aromatic rings. The summed E-state index contributed by atoms with van der Waals surface area (Å²) in [5, 5.41) is 1.20. The number of allylic oxidation sites excluding steroid dienone is 2. The number of amides is 1. The summed E-state index contributed by atoms with van der Waals surface area (Å²) < 4.78 is 0. The second-order valence-electron chi connectivity index (χ2n) is 6.75. The van der Waals surface area contributed by atoms with Crippen molar-refractivity contribution in [1.29, 1.82) is 0 Å². The maximum atomic E-state index is 13.3. The summed E-state index contributed by atoms with van der Waals surface area (Å²) in [6, 6.07) is 15.2. The van der Waals surface area contributed by atoms with Gasteiger partial charge in [0.25, 0.3) is 5.56 Å². The minimum atomic E-state index is -0.189. The Labute approximate surface area is 175 Å². The average Bonchev–Trinajstić information content (AvgIpc) is 2.76. The fraction of sp³-hybridized carbons (Fsp3) is 0.136. The van der Waals surface area contributed by atoms with Crippen LogP contribution in [0.15, 0.2) is 87.7 Å². The van der Waals surface area contributed by atoms with E-state index in [1.807, 2.05) is 47.4 Å². The summed E-state index contributed by atoms with van der Waals surface area (Å²) in [7, 11) is 0. The standard InChI is InChI=1S/C22H17N3O2S2/c26-20(13-28-22-23-15-8-2-1-7-14(15)21(27)24-22)25-16-9-3-5-11-18(16)29-19-12-6-4-10-17(19)25/h1-12,16,18H,13H2,(H,23,24,27). The van der Waals surface area contributed by atoms with Crippen molar-refractivity contribution in [3.05, 3.63) is 83.2 Å². The van der Waals surface area contributed by atoms with Crippen LogP contribution in [0.3, 0.4) is 0 Å². The van der Waals surface area contributed by atoms with Gasteiger partial charge in [-0.15, -0.1) is 11.8 Å². The van der Waals surface area contributed by atoms with E-state index in [4.69, 9.17) is 0 Å². The summed E-state index contributed by atoms with van der Waals surface area (Å²) in [6.07, 6.45) is 8.24. The van der Waals surface area contributed by atoms with Crippen LogP contribution in [-0.4, -0.2) is 32.9 Å². The number of carbonyl (C=O) groups is 1. The molecule has 0 fully saturated rings. The summed E-state index contributed by atoms with van der Waals surface area (Å²) in [6.45, 7) is 0. The molecule has 1 amide bonds. The van der Waals surface area contributed by atoms with Crippen LogP contribution in [0.4, 0.5) is 5.69 Å². The van der Waals surface area contributed by atoms with Gasteiger partial charge in [-0.05, 0) is 24.3 Å². The fourth-order valence-electron chi connectivity index (χ4n) is 3.61. The molecule has 0 bridgehead atoms. The van der Waals surface area contributed by atoms with Crippen LogP contribution < -0.4 is 10.5 Å². The first kappa shape index (κ1) is 18.3. The molecule has 29 heavy (non-hydrogen) atoms. The van der Waals surface area contributed by atoms with E-state index in [0.717, 1.165) is 10.6 Å². The molecule has 1 aromatic heterocycles. The van der Waals surface area contributed by atoms with Gasteiger partial charge in [0.15, 0.2) is 5.16 Å². The molecule has 0 saturated heterocycles. The molecule has 0 saturated carbocycles. The van der Waals surface area contributed by atoms with Gasteiger partial charge in [-0.3, -0.25) is 9.59 Å². The number of para-hydroxylation sites is 2. The molecule has 2 heterocycles. The van der Waals surface area contributed by atoms with E-state index < -0.39 is 0 Å². The first-order valence-electron chi connectivity index (χ1n) is 9.25. The molecule has 2 unspecified atom stereocenters. The molecule has 0 spiro atoms. The molecule has 2 atom stereocenters. The second kappa shape index (κ2) is 7.57.